The van der Waals surface area contributed by atoms with Gasteiger partial charge in [-0.3, -0.25) is 9.97 Å². The van der Waals surface area contributed by atoms with Gasteiger partial charge in [0.25, 0.3) is 0 Å². The quantitative estimate of drug-likeness (QED) is 0.112. The second kappa shape index (κ2) is 27.0. The lowest BCUT2D eigenvalue weighted by Crippen LogP contribution is -2.15. The molecule has 118 heavy (non-hydrogen) atoms. The number of rotatable bonds is 8. The van der Waals surface area contributed by atoms with Crippen molar-refractivity contribution in [3.05, 3.63) is 423 Å². The number of aromatic nitrogens is 2. The fraction of sp³-hybridized carbons (Fsp3) is 0.0517. The summed E-state index contributed by atoms with van der Waals surface area (Å²) in [6.07, 6.45) is 3.89. The third-order valence-corrected chi connectivity index (χ3v) is 26.2. The minimum Gasteiger partial charge on any atom is -0.256 e. The molecule has 0 saturated heterocycles. The molecule has 0 radical (unpaired) electrons. The number of pyridine rings is 2. The lowest BCUT2D eigenvalue weighted by atomic mass is 9.79. The van der Waals surface area contributed by atoms with E-state index in [1.165, 1.54) is 225 Å². The highest BCUT2D eigenvalue weighted by Crippen LogP contribution is 2.56. The summed E-state index contributed by atoms with van der Waals surface area (Å²) in [6.45, 7) is 9.58. The maximum Gasteiger partial charge on any atom is 0.0792 e. The van der Waals surface area contributed by atoms with E-state index in [9.17, 15) is 0 Å². The van der Waals surface area contributed by atoms with Crippen LogP contribution in [0, 0.1) is 0 Å². The van der Waals surface area contributed by atoms with E-state index < -0.39 is 0 Å². The standard InChI is InChI=1S/C63H45N.C53H33N/c1-62(2)55-34-40(46-22-11-16-38-14-5-7-18-44(38)46)25-29-48(55)50-31-27-42(36-57(50)62)59-52-20-9-10-21-53(52)60(61-54(59)24-13-33-64-61)43-28-32-51-49-30-26-41(35-56(49)63(3,4)58(51)37-43)47-23-12-17-39-15-6-8-19-45(39)47;1-3-10-34(11-4-1)36-21-25-44-38(30-36)17-19-40-32-42(23-27-46(40)44)51-48-14-7-8-15-49(48)52(53-50(51)16-9-29-54-53)43-24-28-47-41(33-43)20-18-39-31-37(22-26-45(39)47)35-12-5-2-6-13-35/h5-37H,1-4H3;1-33H. The minimum atomic E-state index is -0.190. The molecule has 2 aliphatic carbocycles. The van der Waals surface area contributed by atoms with Crippen molar-refractivity contribution in [1.29, 1.82) is 0 Å². The molecule has 2 heteroatoms. The van der Waals surface area contributed by atoms with E-state index in [-0.39, 0.29) is 10.8 Å². The van der Waals surface area contributed by atoms with Crippen molar-refractivity contribution in [3.63, 3.8) is 0 Å². The predicted octanol–water partition coefficient (Wildman–Crippen LogP) is 31.6. The van der Waals surface area contributed by atoms with Crippen molar-refractivity contribution in [2.24, 2.45) is 0 Å². The summed E-state index contributed by atoms with van der Waals surface area (Å²) in [4.78, 5) is 10.3. The molecule has 2 heterocycles. The van der Waals surface area contributed by atoms with Crippen LogP contribution in [0.15, 0.2) is 401 Å². The lowest BCUT2D eigenvalue weighted by Gasteiger charge is -2.24. The van der Waals surface area contributed by atoms with Crippen LogP contribution in [0.1, 0.15) is 49.9 Å². The van der Waals surface area contributed by atoms with Crippen LogP contribution in [-0.2, 0) is 10.8 Å². The van der Waals surface area contributed by atoms with E-state index in [2.05, 4.69) is 416 Å². The van der Waals surface area contributed by atoms with Gasteiger partial charge in [0.05, 0.1) is 11.0 Å². The average molecular weight is 1500 g/mol. The molecule has 0 spiro atoms. The summed E-state index contributed by atoms with van der Waals surface area (Å²) in [7, 11) is 0. The van der Waals surface area contributed by atoms with Gasteiger partial charge in [-0.15, -0.1) is 0 Å². The molecule has 2 aromatic heterocycles. The Kier molecular flexibility index (Phi) is 15.7. The van der Waals surface area contributed by atoms with Gasteiger partial charge in [-0.25, -0.2) is 0 Å². The Morgan fingerprint density at radius 2 is 0.441 bits per heavy atom. The molecule has 0 bridgehead atoms. The largest absolute Gasteiger partial charge is 0.256 e. The molecule has 0 amide bonds. The zero-order chi connectivity index (χ0) is 78.5. The summed E-state index contributed by atoms with van der Waals surface area (Å²) in [5.41, 5.74) is 32.1. The van der Waals surface area contributed by atoms with Crippen LogP contribution in [0.3, 0.4) is 0 Å². The van der Waals surface area contributed by atoms with Gasteiger partial charge in [0, 0.05) is 45.1 Å². The predicted molar refractivity (Wildman–Crippen MR) is 502 cm³/mol. The SMILES string of the molecule is CC1(C)c2cc(-c3cccc4ccccc34)ccc2-c2ccc(-c3c4ccccc4c(-c4ccc5c(c4)C(C)(C)c4cc(-c6cccc7ccccc67)ccc4-5)c4ncccc34)cc21.c1ccc(-c2ccc3c(ccc4cc(-c5c6ccccc6c(-c6ccc7c(ccc8cc(-c9ccccc9)ccc87)c6)c6ncccc56)ccc43)c2)cc1. The summed E-state index contributed by atoms with van der Waals surface area (Å²) in [5.74, 6) is 0. The van der Waals surface area contributed by atoms with Crippen molar-refractivity contribution in [2.75, 3.05) is 0 Å². The average Bonchev–Trinajstić information content (AvgIpc) is 1.45. The number of benzene rings is 20. The maximum absolute atomic E-state index is 5.23. The highest BCUT2D eigenvalue weighted by molar-refractivity contribution is 6.24. The van der Waals surface area contributed by atoms with Gasteiger partial charge in [-0.05, 0) is 269 Å². The number of nitrogens with zero attached hydrogens (tertiary/aromatic N) is 2. The Morgan fingerprint density at radius 3 is 0.839 bits per heavy atom. The zero-order valence-electron chi connectivity index (χ0n) is 66.0. The number of hydrogen-bond acceptors (Lipinski definition) is 2. The van der Waals surface area contributed by atoms with Crippen molar-refractivity contribution in [1.82, 2.24) is 9.97 Å². The van der Waals surface area contributed by atoms with Crippen LogP contribution in [0.4, 0.5) is 0 Å². The molecule has 20 aromatic carbocycles. The van der Waals surface area contributed by atoms with Gasteiger partial charge in [-0.2, -0.15) is 0 Å². The Hall–Kier alpha value is -14.7. The van der Waals surface area contributed by atoms with Crippen molar-refractivity contribution in [3.8, 4) is 111 Å². The van der Waals surface area contributed by atoms with E-state index in [0.717, 1.165) is 16.4 Å². The molecule has 0 atom stereocenters. The molecular formula is C116H78N2. The Morgan fingerprint density at radius 1 is 0.161 bits per heavy atom. The van der Waals surface area contributed by atoms with Crippen LogP contribution in [0.2, 0.25) is 0 Å². The summed E-state index contributed by atoms with van der Waals surface area (Å²) < 4.78 is 0. The number of fused-ring (bicyclic) bond motifs is 18. The van der Waals surface area contributed by atoms with E-state index in [4.69, 9.17) is 9.97 Å². The normalized spacial score (nSPS) is 13.1. The Balaban J connectivity index is 0.000000140. The molecule has 24 rings (SSSR count). The smallest absolute Gasteiger partial charge is 0.0792 e. The highest BCUT2D eigenvalue weighted by Gasteiger charge is 2.39. The van der Waals surface area contributed by atoms with Gasteiger partial charge in [0.2, 0.25) is 0 Å². The molecule has 2 aliphatic rings. The lowest BCUT2D eigenvalue weighted by molar-refractivity contribution is 0.660. The van der Waals surface area contributed by atoms with Crippen molar-refractivity contribution in [2.45, 2.75) is 38.5 Å². The van der Waals surface area contributed by atoms with E-state index in [0.29, 0.717) is 0 Å². The molecule has 22 aromatic rings. The molecule has 2 nitrogen and oxygen atoms in total. The molecule has 0 unspecified atom stereocenters. The van der Waals surface area contributed by atoms with Crippen LogP contribution < -0.4 is 0 Å². The molecule has 0 saturated carbocycles. The second-order valence-electron chi connectivity index (χ2n) is 33.3. The topological polar surface area (TPSA) is 25.8 Å². The number of hydrogen-bond donors (Lipinski definition) is 0. The van der Waals surface area contributed by atoms with Crippen molar-refractivity contribution >= 4 is 108 Å². The third-order valence-electron chi connectivity index (χ3n) is 26.2. The third kappa shape index (κ3) is 10.9. The Labute approximate surface area is 685 Å². The first-order chi connectivity index (χ1) is 58.0. The highest BCUT2D eigenvalue weighted by atomic mass is 14.7. The first-order valence-corrected chi connectivity index (χ1v) is 41.2. The van der Waals surface area contributed by atoms with Gasteiger partial charge < -0.3 is 0 Å². The van der Waals surface area contributed by atoms with Gasteiger partial charge in [-0.1, -0.05) is 355 Å². The molecule has 0 aliphatic heterocycles. The molecule has 0 N–H and O–H groups in total. The summed E-state index contributed by atoms with van der Waals surface area (Å²) >= 11 is 0. The fourth-order valence-electron chi connectivity index (χ4n) is 20.4. The zero-order valence-corrected chi connectivity index (χ0v) is 66.0. The van der Waals surface area contributed by atoms with E-state index >= 15 is 0 Å². The van der Waals surface area contributed by atoms with E-state index in [1.54, 1.807) is 0 Å². The van der Waals surface area contributed by atoms with Crippen LogP contribution in [0.5, 0.6) is 0 Å². The summed E-state index contributed by atoms with van der Waals surface area (Å²) in [5, 5.41) is 22.4. The van der Waals surface area contributed by atoms with Gasteiger partial charge >= 0.3 is 0 Å². The summed E-state index contributed by atoms with van der Waals surface area (Å²) in [6, 6.07) is 144. The Bertz CT molecular complexity index is 7390. The minimum absolute atomic E-state index is 0.185. The second-order valence-corrected chi connectivity index (χ2v) is 33.3. The maximum atomic E-state index is 5.23. The van der Waals surface area contributed by atoms with Gasteiger partial charge in [0.15, 0.2) is 0 Å². The molecule has 552 valence electrons. The first-order valence-electron chi connectivity index (χ1n) is 41.2. The van der Waals surface area contributed by atoms with Crippen LogP contribution in [0.25, 0.3) is 219 Å². The van der Waals surface area contributed by atoms with Crippen LogP contribution in [-0.4, -0.2) is 9.97 Å². The van der Waals surface area contributed by atoms with E-state index in [1.807, 2.05) is 12.4 Å². The molecular weight excluding hydrogens is 1420 g/mol. The van der Waals surface area contributed by atoms with Crippen molar-refractivity contribution < 1.29 is 0 Å². The molecule has 0 fully saturated rings. The first kappa shape index (κ1) is 68.9. The van der Waals surface area contributed by atoms with Crippen LogP contribution >= 0.6 is 0 Å². The fourth-order valence-corrected chi connectivity index (χ4v) is 20.4. The monoisotopic (exact) mass is 1500 g/mol. The van der Waals surface area contributed by atoms with Gasteiger partial charge in [0.1, 0.15) is 0 Å².